The van der Waals surface area contributed by atoms with Crippen LogP contribution in [0.25, 0.3) is 11.1 Å². The number of amides is 1. The van der Waals surface area contributed by atoms with Gasteiger partial charge in [-0.25, -0.2) is 0 Å². The van der Waals surface area contributed by atoms with E-state index in [0.29, 0.717) is 30.7 Å². The fourth-order valence-electron chi connectivity index (χ4n) is 3.57. The Hall–Kier alpha value is -2.12. The molecule has 1 amide bonds. The lowest BCUT2D eigenvalue weighted by Gasteiger charge is -2.26. The van der Waals surface area contributed by atoms with Gasteiger partial charge in [-0.15, -0.1) is 0 Å². The summed E-state index contributed by atoms with van der Waals surface area (Å²) < 4.78 is 16.6. The number of hydrogen-bond donors (Lipinski definition) is 1. The Morgan fingerprint density at radius 2 is 1.92 bits per heavy atom. The lowest BCUT2D eigenvalue weighted by Crippen LogP contribution is -2.36. The van der Waals surface area contributed by atoms with Crippen LogP contribution >= 0.6 is 0 Å². The van der Waals surface area contributed by atoms with Crippen molar-refractivity contribution in [3.05, 3.63) is 18.2 Å². The van der Waals surface area contributed by atoms with E-state index in [2.05, 4.69) is 15.2 Å². The molecule has 1 unspecified atom stereocenters. The van der Waals surface area contributed by atoms with Crippen molar-refractivity contribution >= 4 is 28.7 Å². The van der Waals surface area contributed by atoms with Crippen LogP contribution in [0.1, 0.15) is 19.8 Å². The monoisotopic (exact) mass is 359 g/mol. The van der Waals surface area contributed by atoms with Gasteiger partial charge < -0.3 is 24.1 Å². The minimum absolute atomic E-state index is 0.0340. The van der Waals surface area contributed by atoms with E-state index in [1.165, 1.54) is 0 Å². The highest BCUT2D eigenvalue weighted by molar-refractivity contribution is 5.94. The molecule has 0 aliphatic carbocycles. The van der Waals surface area contributed by atoms with Crippen LogP contribution in [0.15, 0.2) is 22.6 Å². The first kappa shape index (κ1) is 17.3. The third-order valence-corrected chi connectivity index (χ3v) is 5.31. The van der Waals surface area contributed by atoms with Gasteiger partial charge in [0.2, 0.25) is 5.91 Å². The number of carbonyl (C=O) groups excluding carboxylic acids is 1. The van der Waals surface area contributed by atoms with Gasteiger partial charge >= 0.3 is 0 Å². The van der Waals surface area contributed by atoms with Gasteiger partial charge in [-0.2, -0.15) is 4.98 Å². The van der Waals surface area contributed by atoms with E-state index in [9.17, 15) is 4.79 Å². The van der Waals surface area contributed by atoms with Crippen LogP contribution in [-0.2, 0) is 14.3 Å². The first-order valence-electron chi connectivity index (χ1n) is 9.32. The lowest BCUT2D eigenvalue weighted by molar-refractivity contribution is -0.122. The van der Waals surface area contributed by atoms with E-state index in [-0.39, 0.29) is 11.8 Å². The van der Waals surface area contributed by atoms with Crippen molar-refractivity contribution in [2.24, 2.45) is 11.8 Å². The highest BCUT2D eigenvalue weighted by Crippen LogP contribution is 2.27. The third-order valence-electron chi connectivity index (χ3n) is 5.31. The maximum absolute atomic E-state index is 12.6. The van der Waals surface area contributed by atoms with E-state index in [1.54, 1.807) is 0 Å². The number of nitrogens with one attached hydrogen (secondary N) is 1. The van der Waals surface area contributed by atoms with E-state index < -0.39 is 0 Å². The SMILES string of the molecule is CC(C(=O)Nc1ccc2nc(N3CCOCC3)oc2c1)C1CCOCC1. The molecule has 2 aromatic rings. The van der Waals surface area contributed by atoms with Gasteiger partial charge in [-0.05, 0) is 30.9 Å². The fourth-order valence-corrected chi connectivity index (χ4v) is 3.57. The first-order chi connectivity index (χ1) is 12.7. The molecule has 1 aromatic carbocycles. The van der Waals surface area contributed by atoms with Crippen LogP contribution in [0.4, 0.5) is 11.7 Å². The van der Waals surface area contributed by atoms with Crippen molar-refractivity contribution in [2.45, 2.75) is 19.8 Å². The molecular formula is C19H25N3O4. The predicted molar refractivity (Wildman–Crippen MR) is 98.4 cm³/mol. The summed E-state index contributed by atoms with van der Waals surface area (Å²) in [6.07, 6.45) is 1.89. The molecule has 1 aromatic heterocycles. The van der Waals surface area contributed by atoms with Gasteiger partial charge in [0.25, 0.3) is 6.01 Å². The van der Waals surface area contributed by atoms with E-state index in [4.69, 9.17) is 13.9 Å². The average molecular weight is 359 g/mol. The summed E-state index contributed by atoms with van der Waals surface area (Å²) in [5, 5.41) is 3.02. The Bertz CT molecular complexity index is 763. The van der Waals surface area contributed by atoms with Crippen LogP contribution in [0.2, 0.25) is 0 Å². The molecule has 2 aliphatic rings. The summed E-state index contributed by atoms with van der Waals surface area (Å²) in [7, 11) is 0. The number of nitrogens with zero attached hydrogens (tertiary/aromatic N) is 2. The minimum atomic E-state index is -0.0340. The van der Waals surface area contributed by atoms with Gasteiger partial charge in [0, 0.05) is 44.0 Å². The zero-order valence-electron chi connectivity index (χ0n) is 15.1. The van der Waals surface area contributed by atoms with Crippen molar-refractivity contribution in [1.29, 1.82) is 0 Å². The van der Waals surface area contributed by atoms with Crippen molar-refractivity contribution in [3.8, 4) is 0 Å². The van der Waals surface area contributed by atoms with Crippen LogP contribution in [-0.4, -0.2) is 50.4 Å². The summed E-state index contributed by atoms with van der Waals surface area (Å²) >= 11 is 0. The zero-order valence-corrected chi connectivity index (χ0v) is 15.1. The van der Waals surface area contributed by atoms with Gasteiger partial charge in [0.15, 0.2) is 5.58 Å². The first-order valence-corrected chi connectivity index (χ1v) is 9.32. The summed E-state index contributed by atoms with van der Waals surface area (Å²) in [4.78, 5) is 19.2. The number of rotatable bonds is 4. The lowest BCUT2D eigenvalue weighted by atomic mass is 9.87. The molecule has 2 saturated heterocycles. The third kappa shape index (κ3) is 3.68. The molecule has 1 atom stereocenters. The fraction of sp³-hybridized carbons (Fsp3) is 0.579. The Morgan fingerprint density at radius 1 is 1.19 bits per heavy atom. The molecule has 7 heteroatoms. The highest BCUT2D eigenvalue weighted by Gasteiger charge is 2.26. The Balaban J connectivity index is 1.45. The summed E-state index contributed by atoms with van der Waals surface area (Å²) in [5.74, 6) is 0.392. The van der Waals surface area contributed by atoms with E-state index in [1.807, 2.05) is 25.1 Å². The smallest absolute Gasteiger partial charge is 0.298 e. The van der Waals surface area contributed by atoms with E-state index in [0.717, 1.165) is 50.3 Å². The number of oxazole rings is 1. The standard InChI is InChI=1S/C19H25N3O4/c1-13(14-4-8-24-9-5-14)18(23)20-15-2-3-16-17(12-15)26-19(21-16)22-6-10-25-11-7-22/h2-3,12-14H,4-11H2,1H3,(H,20,23). The second-order valence-electron chi connectivity index (χ2n) is 7.01. The second-order valence-corrected chi connectivity index (χ2v) is 7.01. The van der Waals surface area contributed by atoms with Crippen LogP contribution < -0.4 is 10.2 Å². The number of aromatic nitrogens is 1. The number of anilines is 2. The molecule has 0 bridgehead atoms. The second kappa shape index (κ2) is 7.63. The number of carbonyl (C=O) groups is 1. The Kier molecular flexibility index (Phi) is 5.08. The quantitative estimate of drug-likeness (QED) is 0.904. The largest absolute Gasteiger partial charge is 0.423 e. The molecule has 0 saturated carbocycles. The van der Waals surface area contributed by atoms with Gasteiger partial charge in [0.1, 0.15) is 5.52 Å². The van der Waals surface area contributed by atoms with Gasteiger partial charge in [-0.1, -0.05) is 6.92 Å². The molecule has 1 N–H and O–H groups in total. The molecule has 2 aliphatic heterocycles. The molecule has 0 spiro atoms. The zero-order chi connectivity index (χ0) is 17.9. The number of hydrogen-bond acceptors (Lipinski definition) is 6. The van der Waals surface area contributed by atoms with E-state index >= 15 is 0 Å². The van der Waals surface area contributed by atoms with Crippen molar-refractivity contribution in [1.82, 2.24) is 4.98 Å². The molecular weight excluding hydrogens is 334 g/mol. The molecule has 26 heavy (non-hydrogen) atoms. The number of ether oxygens (including phenoxy) is 2. The normalized spacial score (nSPS) is 20.3. The Labute approximate surface area is 152 Å². The average Bonchev–Trinajstić information content (AvgIpc) is 3.12. The molecule has 4 rings (SSSR count). The maximum Gasteiger partial charge on any atom is 0.298 e. The van der Waals surface area contributed by atoms with Crippen LogP contribution in [0.3, 0.4) is 0 Å². The number of benzene rings is 1. The number of fused-ring (bicyclic) bond motifs is 1. The molecule has 0 radical (unpaired) electrons. The highest BCUT2D eigenvalue weighted by atomic mass is 16.5. The van der Waals surface area contributed by atoms with Crippen molar-refractivity contribution in [3.63, 3.8) is 0 Å². The van der Waals surface area contributed by atoms with Gasteiger partial charge in [0.05, 0.1) is 13.2 Å². The molecule has 3 heterocycles. The van der Waals surface area contributed by atoms with Crippen molar-refractivity contribution in [2.75, 3.05) is 49.7 Å². The minimum Gasteiger partial charge on any atom is -0.423 e. The molecule has 2 fully saturated rings. The summed E-state index contributed by atoms with van der Waals surface area (Å²) in [6.45, 7) is 6.41. The number of morpholine rings is 1. The summed E-state index contributed by atoms with van der Waals surface area (Å²) in [6, 6.07) is 6.23. The van der Waals surface area contributed by atoms with Crippen LogP contribution in [0.5, 0.6) is 0 Å². The summed E-state index contributed by atoms with van der Waals surface area (Å²) in [5.41, 5.74) is 2.22. The Morgan fingerprint density at radius 3 is 2.69 bits per heavy atom. The van der Waals surface area contributed by atoms with Gasteiger partial charge in [-0.3, -0.25) is 4.79 Å². The maximum atomic E-state index is 12.6. The molecule has 140 valence electrons. The van der Waals surface area contributed by atoms with Crippen LogP contribution in [0, 0.1) is 11.8 Å². The van der Waals surface area contributed by atoms with Crippen molar-refractivity contribution < 1.29 is 18.7 Å². The predicted octanol–water partition coefficient (Wildman–Crippen LogP) is 2.67. The molecule has 7 nitrogen and oxygen atoms in total. The topological polar surface area (TPSA) is 76.8 Å².